The number of aliphatic hydroxyl groups is 3. The molecule has 0 bridgehead atoms. The standard InChI is InChI=1S/C6H10O5/c7-1-3(8)6-5(10)4(9)2-11-6/h1,3-6,8-10H,2H2/t3-,4?,5-,6+/m0/s1. The molecule has 0 aromatic rings. The van der Waals surface area contributed by atoms with E-state index < -0.39 is 24.4 Å². The van der Waals surface area contributed by atoms with Crippen molar-refractivity contribution in [1.29, 1.82) is 0 Å². The number of aldehydes is 1. The second-order valence-corrected chi connectivity index (χ2v) is 2.48. The molecule has 0 spiro atoms. The number of hydrogen-bond donors (Lipinski definition) is 3. The number of carbonyl (C=O) groups excluding carboxylic acids is 1. The van der Waals surface area contributed by atoms with Gasteiger partial charge in [-0.2, -0.15) is 0 Å². The molecule has 1 rings (SSSR count). The molecule has 1 heterocycles. The fourth-order valence-corrected chi connectivity index (χ4v) is 1.00. The Kier molecular flexibility index (Phi) is 2.56. The lowest BCUT2D eigenvalue weighted by Gasteiger charge is -2.15. The lowest BCUT2D eigenvalue weighted by Crippen LogP contribution is -2.39. The summed E-state index contributed by atoms with van der Waals surface area (Å²) in [5.74, 6) is 0. The lowest BCUT2D eigenvalue weighted by molar-refractivity contribution is -0.124. The van der Waals surface area contributed by atoms with Crippen LogP contribution in [0.1, 0.15) is 0 Å². The van der Waals surface area contributed by atoms with E-state index in [1.54, 1.807) is 0 Å². The predicted octanol–water partition coefficient (Wildman–Crippen LogP) is -2.33. The highest BCUT2D eigenvalue weighted by atomic mass is 16.5. The van der Waals surface area contributed by atoms with Gasteiger partial charge in [0, 0.05) is 0 Å². The third kappa shape index (κ3) is 1.57. The maximum Gasteiger partial charge on any atom is 0.151 e. The van der Waals surface area contributed by atoms with Gasteiger partial charge in [-0.15, -0.1) is 0 Å². The molecule has 3 N–H and O–H groups in total. The quantitative estimate of drug-likeness (QED) is 0.396. The van der Waals surface area contributed by atoms with Crippen LogP contribution in [-0.4, -0.2) is 52.6 Å². The van der Waals surface area contributed by atoms with Gasteiger partial charge < -0.3 is 24.9 Å². The van der Waals surface area contributed by atoms with E-state index in [2.05, 4.69) is 0 Å². The molecule has 0 amide bonds. The summed E-state index contributed by atoms with van der Waals surface area (Å²) in [5, 5.41) is 26.9. The highest BCUT2D eigenvalue weighted by Crippen LogP contribution is 2.16. The van der Waals surface area contributed by atoms with Gasteiger partial charge in [-0.1, -0.05) is 0 Å². The predicted molar refractivity (Wildman–Crippen MR) is 33.8 cm³/mol. The van der Waals surface area contributed by atoms with Crippen molar-refractivity contribution in [2.45, 2.75) is 24.4 Å². The summed E-state index contributed by atoms with van der Waals surface area (Å²) in [6, 6.07) is 0. The van der Waals surface area contributed by atoms with Crippen molar-refractivity contribution in [3.05, 3.63) is 0 Å². The van der Waals surface area contributed by atoms with Gasteiger partial charge in [-0.3, -0.25) is 0 Å². The van der Waals surface area contributed by atoms with Crippen molar-refractivity contribution in [3.8, 4) is 0 Å². The molecule has 0 saturated carbocycles. The van der Waals surface area contributed by atoms with E-state index in [9.17, 15) is 4.79 Å². The Morgan fingerprint density at radius 3 is 2.55 bits per heavy atom. The number of rotatable bonds is 2. The molecule has 5 nitrogen and oxygen atoms in total. The first-order valence-electron chi connectivity index (χ1n) is 3.28. The van der Waals surface area contributed by atoms with Crippen LogP contribution in [0.3, 0.4) is 0 Å². The first-order chi connectivity index (χ1) is 5.16. The van der Waals surface area contributed by atoms with Gasteiger partial charge in [0.25, 0.3) is 0 Å². The van der Waals surface area contributed by atoms with E-state index in [-0.39, 0.29) is 12.9 Å². The van der Waals surface area contributed by atoms with Crippen molar-refractivity contribution < 1.29 is 24.9 Å². The molecule has 4 atom stereocenters. The molecule has 1 fully saturated rings. The van der Waals surface area contributed by atoms with Gasteiger partial charge >= 0.3 is 0 Å². The van der Waals surface area contributed by atoms with E-state index in [0.717, 1.165) is 0 Å². The van der Waals surface area contributed by atoms with Crippen molar-refractivity contribution in [3.63, 3.8) is 0 Å². The molecule has 0 aliphatic carbocycles. The minimum absolute atomic E-state index is 0.0449. The van der Waals surface area contributed by atoms with Gasteiger partial charge in [-0.25, -0.2) is 0 Å². The van der Waals surface area contributed by atoms with E-state index >= 15 is 0 Å². The van der Waals surface area contributed by atoms with Gasteiger partial charge in [0.05, 0.1) is 6.61 Å². The molecule has 64 valence electrons. The molecular formula is C6H10O5. The molecule has 0 radical (unpaired) electrons. The van der Waals surface area contributed by atoms with E-state index in [4.69, 9.17) is 20.1 Å². The van der Waals surface area contributed by atoms with E-state index in [1.165, 1.54) is 0 Å². The molecule has 5 heteroatoms. The summed E-state index contributed by atoms with van der Waals surface area (Å²) >= 11 is 0. The van der Waals surface area contributed by atoms with Crippen LogP contribution in [-0.2, 0) is 9.53 Å². The summed E-state index contributed by atoms with van der Waals surface area (Å²) in [6.45, 7) is -0.0449. The monoisotopic (exact) mass is 162 g/mol. The van der Waals surface area contributed by atoms with Crippen LogP contribution in [0, 0.1) is 0 Å². The van der Waals surface area contributed by atoms with Gasteiger partial charge in [0.2, 0.25) is 0 Å². The number of carbonyl (C=O) groups is 1. The Hall–Kier alpha value is -0.490. The van der Waals surface area contributed by atoms with Gasteiger partial charge in [0.15, 0.2) is 6.29 Å². The molecule has 11 heavy (non-hydrogen) atoms. The second-order valence-electron chi connectivity index (χ2n) is 2.48. The molecular weight excluding hydrogens is 152 g/mol. The van der Waals surface area contributed by atoms with Crippen molar-refractivity contribution in [1.82, 2.24) is 0 Å². The van der Waals surface area contributed by atoms with Gasteiger partial charge in [0.1, 0.15) is 24.4 Å². The molecule has 1 aliphatic rings. The van der Waals surface area contributed by atoms with Crippen LogP contribution < -0.4 is 0 Å². The minimum Gasteiger partial charge on any atom is -0.388 e. The molecule has 1 aliphatic heterocycles. The number of aliphatic hydroxyl groups excluding tert-OH is 3. The fraction of sp³-hybridized carbons (Fsp3) is 0.833. The Bertz CT molecular complexity index is 148. The summed E-state index contributed by atoms with van der Waals surface area (Å²) < 4.78 is 4.75. The lowest BCUT2D eigenvalue weighted by atomic mass is 10.1. The summed E-state index contributed by atoms with van der Waals surface area (Å²) in [5.41, 5.74) is 0. The summed E-state index contributed by atoms with van der Waals surface area (Å²) in [4.78, 5) is 10.0. The highest BCUT2D eigenvalue weighted by Gasteiger charge is 2.38. The largest absolute Gasteiger partial charge is 0.388 e. The Morgan fingerprint density at radius 1 is 1.55 bits per heavy atom. The Balaban J connectivity index is 2.54. The topological polar surface area (TPSA) is 87.0 Å². The van der Waals surface area contributed by atoms with Gasteiger partial charge in [-0.05, 0) is 0 Å². The van der Waals surface area contributed by atoms with E-state index in [0.29, 0.717) is 0 Å². The van der Waals surface area contributed by atoms with Crippen molar-refractivity contribution in [2.24, 2.45) is 0 Å². The zero-order valence-corrected chi connectivity index (χ0v) is 5.75. The van der Waals surface area contributed by atoms with Crippen LogP contribution in [0.2, 0.25) is 0 Å². The fourth-order valence-electron chi connectivity index (χ4n) is 1.00. The summed E-state index contributed by atoms with van der Waals surface area (Å²) in [7, 11) is 0. The van der Waals surface area contributed by atoms with Crippen LogP contribution in [0.15, 0.2) is 0 Å². The minimum atomic E-state index is -1.36. The highest BCUT2D eigenvalue weighted by molar-refractivity contribution is 5.57. The average Bonchev–Trinajstić information content (AvgIpc) is 2.32. The SMILES string of the molecule is O=C[C@H](O)[C@H]1OCC(O)[C@@H]1O. The first-order valence-corrected chi connectivity index (χ1v) is 3.28. The van der Waals surface area contributed by atoms with Crippen LogP contribution >= 0.6 is 0 Å². The molecule has 0 aromatic carbocycles. The van der Waals surface area contributed by atoms with Crippen LogP contribution in [0.4, 0.5) is 0 Å². The molecule has 1 unspecified atom stereocenters. The third-order valence-corrected chi connectivity index (χ3v) is 1.67. The first kappa shape index (κ1) is 8.61. The zero-order valence-electron chi connectivity index (χ0n) is 5.75. The Labute approximate surface area is 63.2 Å². The number of ether oxygens (including phenoxy) is 1. The van der Waals surface area contributed by atoms with Crippen molar-refractivity contribution in [2.75, 3.05) is 6.61 Å². The third-order valence-electron chi connectivity index (χ3n) is 1.67. The van der Waals surface area contributed by atoms with Crippen LogP contribution in [0.25, 0.3) is 0 Å². The Morgan fingerprint density at radius 2 is 2.18 bits per heavy atom. The second kappa shape index (κ2) is 3.27. The average molecular weight is 162 g/mol. The van der Waals surface area contributed by atoms with E-state index in [1.807, 2.05) is 0 Å². The van der Waals surface area contributed by atoms with Crippen LogP contribution in [0.5, 0.6) is 0 Å². The normalized spacial score (nSPS) is 40.5. The number of hydrogen-bond acceptors (Lipinski definition) is 5. The molecule has 0 aromatic heterocycles. The maximum absolute atomic E-state index is 10.0. The van der Waals surface area contributed by atoms with Crippen molar-refractivity contribution >= 4 is 6.29 Å². The molecule has 1 saturated heterocycles. The maximum atomic E-state index is 10.0. The summed E-state index contributed by atoms with van der Waals surface area (Å²) in [6.07, 6.45) is -4.25. The zero-order chi connectivity index (χ0) is 8.43. The smallest absolute Gasteiger partial charge is 0.151 e.